The number of halogens is 3. The maximum Gasteiger partial charge on any atom is 0.573 e. The Morgan fingerprint density at radius 3 is 2.11 bits per heavy atom. The molecular formula is C14H20F3NO. The average molecular weight is 275 g/mol. The van der Waals surface area contributed by atoms with Crippen LogP contribution in [-0.4, -0.2) is 18.4 Å². The van der Waals surface area contributed by atoms with E-state index in [2.05, 4.69) is 30.8 Å². The highest BCUT2D eigenvalue weighted by molar-refractivity contribution is 5.27. The molecule has 2 nitrogen and oxygen atoms in total. The van der Waals surface area contributed by atoms with Gasteiger partial charge in [0.05, 0.1) is 0 Å². The first-order chi connectivity index (χ1) is 8.66. The lowest BCUT2D eigenvalue weighted by Gasteiger charge is -2.20. The Kier molecular flexibility index (Phi) is 5.23. The molecule has 0 spiro atoms. The van der Waals surface area contributed by atoms with Crippen LogP contribution < -0.4 is 10.1 Å². The van der Waals surface area contributed by atoms with Crippen molar-refractivity contribution in [2.75, 3.05) is 6.54 Å². The van der Waals surface area contributed by atoms with Crippen molar-refractivity contribution < 1.29 is 17.9 Å². The van der Waals surface area contributed by atoms with Crippen molar-refractivity contribution in [3.8, 4) is 5.75 Å². The molecule has 0 aliphatic heterocycles. The highest BCUT2D eigenvalue weighted by atomic mass is 19.4. The van der Waals surface area contributed by atoms with Crippen molar-refractivity contribution in [3.05, 3.63) is 29.8 Å². The molecule has 19 heavy (non-hydrogen) atoms. The second-order valence-corrected chi connectivity index (χ2v) is 5.47. The van der Waals surface area contributed by atoms with Crippen molar-refractivity contribution in [1.29, 1.82) is 0 Å². The van der Waals surface area contributed by atoms with Crippen molar-refractivity contribution in [3.63, 3.8) is 0 Å². The van der Waals surface area contributed by atoms with Crippen LogP contribution in [0.5, 0.6) is 5.75 Å². The predicted octanol–water partition coefficient (Wildman–Crippen LogP) is 3.91. The molecule has 0 amide bonds. The Morgan fingerprint density at radius 1 is 1.05 bits per heavy atom. The van der Waals surface area contributed by atoms with Gasteiger partial charge in [0.1, 0.15) is 5.75 Å². The lowest BCUT2D eigenvalue weighted by Crippen LogP contribution is -2.36. The summed E-state index contributed by atoms with van der Waals surface area (Å²) in [5.74, 6) is -0.177. The third kappa shape index (κ3) is 7.72. The molecule has 0 unspecified atom stereocenters. The zero-order valence-corrected chi connectivity index (χ0v) is 11.5. The molecule has 1 N–H and O–H groups in total. The molecule has 1 aromatic rings. The van der Waals surface area contributed by atoms with Gasteiger partial charge in [-0.15, -0.1) is 13.2 Å². The minimum atomic E-state index is -4.63. The van der Waals surface area contributed by atoms with Gasteiger partial charge in [-0.05, 0) is 57.9 Å². The van der Waals surface area contributed by atoms with E-state index in [0.29, 0.717) is 0 Å². The Morgan fingerprint density at radius 2 is 1.63 bits per heavy atom. The van der Waals surface area contributed by atoms with Gasteiger partial charge in [-0.1, -0.05) is 12.1 Å². The van der Waals surface area contributed by atoms with Crippen molar-refractivity contribution in [1.82, 2.24) is 5.32 Å². The zero-order valence-electron chi connectivity index (χ0n) is 11.5. The average Bonchev–Trinajstić information content (AvgIpc) is 2.23. The lowest BCUT2D eigenvalue weighted by molar-refractivity contribution is -0.274. The van der Waals surface area contributed by atoms with E-state index in [0.717, 1.165) is 24.9 Å². The zero-order chi connectivity index (χ0) is 14.5. The standard InChI is InChI=1S/C14H20F3NO/c1-13(2,3)18-10-4-5-11-6-8-12(9-7-11)19-14(15,16)17/h6-9,18H,4-5,10H2,1-3H3. The molecule has 0 aliphatic carbocycles. The molecule has 0 aliphatic rings. The number of ether oxygens (including phenoxy) is 1. The van der Waals surface area contributed by atoms with E-state index in [1.807, 2.05) is 0 Å². The van der Waals surface area contributed by atoms with Crippen LogP contribution in [0.25, 0.3) is 0 Å². The predicted molar refractivity (Wildman–Crippen MR) is 69.2 cm³/mol. The molecule has 0 heterocycles. The van der Waals surface area contributed by atoms with E-state index >= 15 is 0 Å². The van der Waals surface area contributed by atoms with E-state index < -0.39 is 6.36 Å². The fraction of sp³-hybridized carbons (Fsp3) is 0.571. The summed E-state index contributed by atoms with van der Waals surface area (Å²) in [6.07, 6.45) is -2.86. The van der Waals surface area contributed by atoms with Gasteiger partial charge in [0.2, 0.25) is 0 Å². The van der Waals surface area contributed by atoms with Gasteiger partial charge in [-0.3, -0.25) is 0 Å². The summed E-state index contributed by atoms with van der Waals surface area (Å²) >= 11 is 0. The second kappa shape index (κ2) is 6.28. The molecule has 0 atom stereocenters. The van der Waals surface area contributed by atoms with Crippen LogP contribution >= 0.6 is 0 Å². The van der Waals surface area contributed by atoms with Crippen molar-refractivity contribution in [2.24, 2.45) is 0 Å². The summed E-state index contributed by atoms with van der Waals surface area (Å²) in [7, 11) is 0. The van der Waals surface area contributed by atoms with Crippen LogP contribution in [0.15, 0.2) is 24.3 Å². The summed E-state index contributed by atoms with van der Waals surface area (Å²) in [6, 6.07) is 6.02. The maximum absolute atomic E-state index is 12.0. The number of alkyl halides is 3. The molecule has 0 radical (unpaired) electrons. The van der Waals surface area contributed by atoms with E-state index in [9.17, 15) is 13.2 Å². The van der Waals surface area contributed by atoms with Crippen LogP contribution in [-0.2, 0) is 6.42 Å². The quantitative estimate of drug-likeness (QED) is 0.823. The molecule has 0 fully saturated rings. The van der Waals surface area contributed by atoms with E-state index in [1.54, 1.807) is 12.1 Å². The minimum Gasteiger partial charge on any atom is -0.406 e. The number of aryl methyl sites for hydroxylation is 1. The number of hydrogen-bond acceptors (Lipinski definition) is 2. The summed E-state index contributed by atoms with van der Waals surface area (Å²) in [5.41, 5.74) is 1.09. The molecule has 0 saturated heterocycles. The molecule has 108 valence electrons. The van der Waals surface area contributed by atoms with E-state index in [1.165, 1.54) is 12.1 Å². The van der Waals surface area contributed by atoms with Gasteiger partial charge in [0.15, 0.2) is 0 Å². The first-order valence-corrected chi connectivity index (χ1v) is 6.25. The molecule has 1 aromatic carbocycles. The first-order valence-electron chi connectivity index (χ1n) is 6.25. The summed E-state index contributed by atoms with van der Waals surface area (Å²) in [6.45, 7) is 7.16. The van der Waals surface area contributed by atoms with Gasteiger partial charge in [0.25, 0.3) is 0 Å². The van der Waals surface area contributed by atoms with Crippen molar-refractivity contribution in [2.45, 2.75) is 45.5 Å². The van der Waals surface area contributed by atoms with Gasteiger partial charge in [-0.2, -0.15) is 0 Å². The van der Waals surface area contributed by atoms with Crippen LogP contribution in [0.2, 0.25) is 0 Å². The molecule has 0 bridgehead atoms. The maximum atomic E-state index is 12.0. The van der Waals surface area contributed by atoms with Crippen LogP contribution in [0.3, 0.4) is 0 Å². The molecule has 5 heteroatoms. The highest BCUT2D eigenvalue weighted by Crippen LogP contribution is 2.22. The third-order valence-electron chi connectivity index (χ3n) is 2.45. The summed E-state index contributed by atoms with van der Waals surface area (Å²) in [5, 5.41) is 3.36. The molecule has 1 rings (SSSR count). The summed E-state index contributed by atoms with van der Waals surface area (Å²) < 4.78 is 39.7. The van der Waals surface area contributed by atoms with Crippen LogP contribution in [0.1, 0.15) is 32.8 Å². The molecular weight excluding hydrogens is 255 g/mol. The van der Waals surface area contributed by atoms with Gasteiger partial charge >= 0.3 is 6.36 Å². The molecule has 0 saturated carbocycles. The van der Waals surface area contributed by atoms with Gasteiger partial charge < -0.3 is 10.1 Å². The Labute approximate surface area is 112 Å². The van der Waals surface area contributed by atoms with E-state index in [4.69, 9.17) is 0 Å². The third-order valence-corrected chi connectivity index (χ3v) is 2.45. The van der Waals surface area contributed by atoms with Crippen molar-refractivity contribution >= 4 is 0 Å². The number of hydrogen-bond donors (Lipinski definition) is 1. The first kappa shape index (κ1) is 15.8. The minimum absolute atomic E-state index is 0.0877. The van der Waals surface area contributed by atoms with Gasteiger partial charge in [-0.25, -0.2) is 0 Å². The summed E-state index contributed by atoms with van der Waals surface area (Å²) in [4.78, 5) is 0. The Balaban J connectivity index is 2.36. The normalized spacial score (nSPS) is 12.5. The fourth-order valence-corrected chi connectivity index (χ4v) is 1.61. The van der Waals surface area contributed by atoms with Gasteiger partial charge in [0, 0.05) is 5.54 Å². The van der Waals surface area contributed by atoms with E-state index in [-0.39, 0.29) is 11.3 Å². The second-order valence-electron chi connectivity index (χ2n) is 5.47. The largest absolute Gasteiger partial charge is 0.573 e. The highest BCUT2D eigenvalue weighted by Gasteiger charge is 2.30. The Hall–Kier alpha value is -1.23. The SMILES string of the molecule is CC(C)(C)NCCCc1ccc(OC(F)(F)F)cc1. The number of nitrogens with one attached hydrogen (secondary N) is 1. The topological polar surface area (TPSA) is 21.3 Å². The Bertz CT molecular complexity index is 379. The monoisotopic (exact) mass is 275 g/mol. The number of rotatable bonds is 5. The number of benzene rings is 1. The smallest absolute Gasteiger partial charge is 0.406 e. The molecule has 0 aromatic heterocycles. The lowest BCUT2D eigenvalue weighted by atomic mass is 10.1. The van der Waals surface area contributed by atoms with Crippen LogP contribution in [0, 0.1) is 0 Å². The van der Waals surface area contributed by atoms with Crippen LogP contribution in [0.4, 0.5) is 13.2 Å². The fourth-order valence-electron chi connectivity index (χ4n) is 1.61.